The number of hydrogen-bond donors (Lipinski definition) is 3. The number of oxime groups is 1. The lowest BCUT2D eigenvalue weighted by atomic mass is 10.0. The molecule has 5 N–H and O–H groups in total. The maximum Gasteiger partial charge on any atom is 0.310 e. The maximum absolute atomic E-state index is 13.0. The summed E-state index contributed by atoms with van der Waals surface area (Å²) < 4.78 is 3.30. The third-order valence-corrected chi connectivity index (χ3v) is 7.65. The summed E-state index contributed by atoms with van der Waals surface area (Å²) in [4.78, 5) is 47.9. The zero-order valence-corrected chi connectivity index (χ0v) is 20.3. The number of nitrogens with one attached hydrogen (secondary N) is 1. The number of nitrogen functional groups attached to an aromatic ring is 2. The van der Waals surface area contributed by atoms with Gasteiger partial charge in [0.05, 0.1) is 30.1 Å². The van der Waals surface area contributed by atoms with Crippen LogP contribution in [0.25, 0.3) is 5.65 Å². The SMILES string of the molecule is CON=C(C(=O)N[C@@H]1C(=O)N2C(C(=O)[O-])=C(C[n+]3ccc(N)n4nccc43)CS[C@@H]12)c1csc(N)n1. The lowest BCUT2D eigenvalue weighted by Gasteiger charge is -2.50. The molecular formula is C20H19N9O5S2. The van der Waals surface area contributed by atoms with E-state index in [4.69, 9.17) is 16.3 Å². The number of rotatable bonds is 7. The third kappa shape index (κ3) is 3.89. The second kappa shape index (κ2) is 9.12. The summed E-state index contributed by atoms with van der Waals surface area (Å²) in [5.74, 6) is -2.04. The van der Waals surface area contributed by atoms with Gasteiger partial charge < -0.3 is 31.5 Å². The molecule has 2 aliphatic heterocycles. The van der Waals surface area contributed by atoms with Crippen LogP contribution >= 0.6 is 23.1 Å². The highest BCUT2D eigenvalue weighted by Gasteiger charge is 2.53. The Morgan fingerprint density at radius 3 is 2.89 bits per heavy atom. The standard InChI is InChI=1S/C20H19N9O5S2/c1-34-26-13(10-8-36-20(22)24-10)16(30)25-14-17(31)28-15(19(32)33)9(7-35-18(14)28)6-27-5-3-11(21)29-12(27)2-4-23-29/h2-5,8,14,18,21H,6-7H2,1H3,(H4,22,24,25,30,32,33)/t14-,18+/m1/s1. The second-order valence-electron chi connectivity index (χ2n) is 7.76. The number of carboxylic acid groups (broad SMARTS) is 1. The van der Waals surface area contributed by atoms with Crippen LogP contribution in [-0.2, 0) is 25.8 Å². The molecule has 5 heterocycles. The molecular weight excluding hydrogens is 510 g/mol. The maximum atomic E-state index is 13.0. The zero-order chi connectivity index (χ0) is 25.6. The van der Waals surface area contributed by atoms with E-state index < -0.39 is 29.2 Å². The van der Waals surface area contributed by atoms with Crippen LogP contribution in [0.1, 0.15) is 5.69 Å². The van der Waals surface area contributed by atoms with Gasteiger partial charge in [0.2, 0.25) is 5.82 Å². The van der Waals surface area contributed by atoms with Gasteiger partial charge in [0.1, 0.15) is 30.8 Å². The molecule has 1 saturated heterocycles. The van der Waals surface area contributed by atoms with Gasteiger partial charge in [-0.3, -0.25) is 14.5 Å². The molecule has 3 aromatic heterocycles. The number of aromatic nitrogens is 4. The van der Waals surface area contributed by atoms with Crippen molar-refractivity contribution in [1.29, 1.82) is 0 Å². The van der Waals surface area contributed by atoms with Gasteiger partial charge in [-0.15, -0.1) is 23.1 Å². The largest absolute Gasteiger partial charge is 0.543 e. The van der Waals surface area contributed by atoms with E-state index in [9.17, 15) is 19.5 Å². The van der Waals surface area contributed by atoms with Gasteiger partial charge >= 0.3 is 5.65 Å². The highest BCUT2D eigenvalue weighted by Crippen LogP contribution is 2.40. The quantitative estimate of drug-likeness (QED) is 0.129. The van der Waals surface area contributed by atoms with Gasteiger partial charge in [-0.25, -0.2) is 9.55 Å². The fraction of sp³-hybridized carbons (Fsp3) is 0.250. The van der Waals surface area contributed by atoms with E-state index in [1.54, 1.807) is 29.1 Å². The van der Waals surface area contributed by atoms with Gasteiger partial charge in [0, 0.05) is 22.8 Å². The molecule has 2 atom stereocenters. The van der Waals surface area contributed by atoms with E-state index in [1.165, 1.54) is 28.8 Å². The number of carboxylic acids is 1. The first-order valence-electron chi connectivity index (χ1n) is 10.4. The summed E-state index contributed by atoms with van der Waals surface area (Å²) in [6.45, 7) is 0.176. The lowest BCUT2D eigenvalue weighted by molar-refractivity contribution is -0.666. The Balaban J connectivity index is 1.38. The lowest BCUT2D eigenvalue weighted by Crippen LogP contribution is -2.71. The van der Waals surface area contributed by atoms with Crippen LogP contribution in [0.15, 0.2) is 46.3 Å². The predicted molar refractivity (Wildman–Crippen MR) is 127 cm³/mol. The molecule has 2 amide bonds. The average Bonchev–Trinajstić information content (AvgIpc) is 3.52. The molecule has 0 saturated carbocycles. The number of β-lactam (4-membered cyclic amide) rings is 1. The summed E-state index contributed by atoms with van der Waals surface area (Å²) in [5, 5.41) is 23.7. The van der Waals surface area contributed by atoms with Crippen molar-refractivity contribution in [3.8, 4) is 0 Å². The number of amides is 2. The van der Waals surface area contributed by atoms with E-state index in [1.807, 2.05) is 0 Å². The molecule has 0 aromatic carbocycles. The number of thioether (sulfide) groups is 1. The number of nitrogens with zero attached hydrogens (tertiary/aromatic N) is 6. The fourth-order valence-corrected chi connectivity index (χ4v) is 5.94. The highest BCUT2D eigenvalue weighted by molar-refractivity contribution is 8.00. The fourth-order valence-electron chi connectivity index (χ4n) is 4.06. The number of anilines is 2. The molecule has 16 heteroatoms. The molecule has 0 unspecified atom stereocenters. The first-order valence-corrected chi connectivity index (χ1v) is 12.4. The summed E-state index contributed by atoms with van der Waals surface area (Å²) in [6.07, 6.45) is 3.29. The topological polar surface area (TPSA) is 197 Å². The van der Waals surface area contributed by atoms with Crippen LogP contribution in [0.3, 0.4) is 0 Å². The Bertz CT molecular complexity index is 1460. The van der Waals surface area contributed by atoms with Gasteiger partial charge in [-0.1, -0.05) is 14.8 Å². The molecule has 1 fully saturated rings. The molecule has 3 aromatic rings. The number of fused-ring (bicyclic) bond motifs is 2. The van der Waals surface area contributed by atoms with Crippen molar-refractivity contribution in [2.75, 3.05) is 24.3 Å². The van der Waals surface area contributed by atoms with Crippen molar-refractivity contribution >= 4 is 63.2 Å². The van der Waals surface area contributed by atoms with Crippen molar-refractivity contribution in [1.82, 2.24) is 24.8 Å². The second-order valence-corrected chi connectivity index (χ2v) is 9.76. The minimum absolute atomic E-state index is 0.154. The number of thiazole rings is 1. The van der Waals surface area contributed by atoms with E-state index in [0.29, 0.717) is 22.8 Å². The van der Waals surface area contributed by atoms with Crippen LogP contribution in [0.5, 0.6) is 0 Å². The number of nitrogens with two attached hydrogens (primary N) is 2. The van der Waals surface area contributed by atoms with Crippen molar-refractivity contribution in [3.63, 3.8) is 0 Å². The molecule has 14 nitrogen and oxygen atoms in total. The van der Waals surface area contributed by atoms with E-state index in [-0.39, 0.29) is 28.8 Å². The highest BCUT2D eigenvalue weighted by atomic mass is 32.2. The number of carbonyl (C=O) groups is 3. The molecule has 5 rings (SSSR count). The Hall–Kier alpha value is -4.18. The minimum atomic E-state index is -1.48. The average molecular weight is 530 g/mol. The Labute approximate surface area is 211 Å². The van der Waals surface area contributed by atoms with Crippen LogP contribution in [0.4, 0.5) is 10.9 Å². The first-order chi connectivity index (χ1) is 17.3. The van der Waals surface area contributed by atoms with Crippen molar-refractivity contribution < 1.29 is 28.9 Å². The molecule has 186 valence electrons. The number of hydrogen-bond acceptors (Lipinski definition) is 12. The number of carbonyl (C=O) groups excluding carboxylic acids is 3. The first kappa shape index (κ1) is 23.6. The van der Waals surface area contributed by atoms with Gasteiger partial charge in [-0.2, -0.15) is 0 Å². The van der Waals surface area contributed by atoms with Gasteiger partial charge in [0.25, 0.3) is 11.8 Å². The van der Waals surface area contributed by atoms with Crippen LogP contribution in [-0.4, -0.2) is 67.3 Å². The monoisotopic (exact) mass is 529 g/mol. The normalized spacial score (nSPS) is 19.8. The predicted octanol–water partition coefficient (Wildman–Crippen LogP) is -2.30. The van der Waals surface area contributed by atoms with E-state index >= 15 is 0 Å². The molecule has 0 bridgehead atoms. The summed E-state index contributed by atoms with van der Waals surface area (Å²) in [6, 6.07) is 2.42. The summed E-state index contributed by atoms with van der Waals surface area (Å²) in [7, 11) is 1.27. The Morgan fingerprint density at radius 1 is 1.39 bits per heavy atom. The molecule has 0 spiro atoms. The van der Waals surface area contributed by atoms with Crippen molar-refractivity contribution in [2.24, 2.45) is 5.16 Å². The van der Waals surface area contributed by atoms with E-state index in [2.05, 4.69) is 20.6 Å². The smallest absolute Gasteiger partial charge is 0.310 e. The Morgan fingerprint density at radius 2 is 2.19 bits per heavy atom. The molecule has 0 radical (unpaired) electrons. The van der Waals surface area contributed by atoms with E-state index in [0.717, 1.165) is 16.2 Å². The molecule has 2 aliphatic rings. The Kier molecular flexibility index (Phi) is 5.97. The van der Waals surface area contributed by atoms with Crippen LogP contribution in [0.2, 0.25) is 0 Å². The van der Waals surface area contributed by atoms with Crippen LogP contribution in [0, 0.1) is 0 Å². The third-order valence-electron chi connectivity index (χ3n) is 5.64. The summed E-state index contributed by atoms with van der Waals surface area (Å²) >= 11 is 2.45. The van der Waals surface area contributed by atoms with Crippen molar-refractivity contribution in [3.05, 3.63) is 46.9 Å². The van der Waals surface area contributed by atoms with Gasteiger partial charge in [0.15, 0.2) is 10.8 Å². The molecule has 0 aliphatic carbocycles. The zero-order valence-electron chi connectivity index (χ0n) is 18.7. The van der Waals surface area contributed by atoms with Crippen LogP contribution < -0.4 is 26.5 Å². The molecule has 36 heavy (non-hydrogen) atoms. The van der Waals surface area contributed by atoms with Crippen molar-refractivity contribution in [2.45, 2.75) is 18.0 Å². The minimum Gasteiger partial charge on any atom is -0.543 e. The summed E-state index contributed by atoms with van der Waals surface area (Å²) in [5.41, 5.74) is 12.5. The van der Waals surface area contributed by atoms with Gasteiger partial charge in [-0.05, 0) is 0 Å². The number of aliphatic carboxylic acids is 1.